The molecule has 3 aromatic rings. The number of aryl methyl sites for hydroxylation is 1. The summed E-state index contributed by atoms with van der Waals surface area (Å²) in [5.74, 6) is 0.00298. The quantitative estimate of drug-likeness (QED) is 0.404. The van der Waals surface area contributed by atoms with Gasteiger partial charge in [-0.2, -0.15) is 13.2 Å². The Bertz CT molecular complexity index is 1060. The zero-order valence-corrected chi connectivity index (χ0v) is 17.1. The first-order valence-electron chi connectivity index (χ1n) is 9.11. The van der Waals surface area contributed by atoms with Crippen molar-refractivity contribution in [3.8, 4) is 17.1 Å². The van der Waals surface area contributed by atoms with Gasteiger partial charge in [-0.3, -0.25) is 4.79 Å². The molecule has 0 bridgehead atoms. The summed E-state index contributed by atoms with van der Waals surface area (Å²) in [7, 11) is 0. The number of carbonyl (C=O) groups is 1. The van der Waals surface area contributed by atoms with Crippen molar-refractivity contribution in [1.29, 1.82) is 0 Å². The van der Waals surface area contributed by atoms with Crippen molar-refractivity contribution in [3.63, 3.8) is 0 Å². The standard InChI is InChI=1S/C22H18F4O4S/c1-13-15(9-20(30-13)14-2-4-17(5-3-14)22(24,25)26)10-29-18-6-7-19(23)16(8-18)11-31-12-21(27)28/h2-9H,10-12H2,1H3,(H,27,28). The van der Waals surface area contributed by atoms with E-state index in [9.17, 15) is 22.4 Å². The lowest BCUT2D eigenvalue weighted by atomic mass is 10.1. The van der Waals surface area contributed by atoms with E-state index in [1.165, 1.54) is 30.3 Å². The van der Waals surface area contributed by atoms with Crippen molar-refractivity contribution < 1.29 is 36.6 Å². The second kappa shape index (κ2) is 9.47. The lowest BCUT2D eigenvalue weighted by molar-refractivity contribution is -0.137. The van der Waals surface area contributed by atoms with Crippen LogP contribution in [-0.2, 0) is 23.3 Å². The molecule has 3 rings (SSSR count). The number of rotatable bonds is 8. The van der Waals surface area contributed by atoms with Crippen LogP contribution in [0.25, 0.3) is 11.3 Å². The Labute approximate surface area is 179 Å². The first kappa shape index (κ1) is 22.7. The number of furan rings is 1. The fourth-order valence-electron chi connectivity index (χ4n) is 2.79. The van der Waals surface area contributed by atoms with Gasteiger partial charge in [0.1, 0.15) is 29.7 Å². The zero-order chi connectivity index (χ0) is 22.6. The number of benzene rings is 2. The summed E-state index contributed by atoms with van der Waals surface area (Å²) in [6.45, 7) is 1.83. The lowest BCUT2D eigenvalue weighted by Crippen LogP contribution is -2.03. The van der Waals surface area contributed by atoms with Crippen LogP contribution in [-0.4, -0.2) is 16.8 Å². The summed E-state index contributed by atoms with van der Waals surface area (Å²) in [5, 5.41) is 8.69. The highest BCUT2D eigenvalue weighted by atomic mass is 32.2. The SMILES string of the molecule is Cc1oc(-c2ccc(C(F)(F)F)cc2)cc1COc1ccc(F)c(CSCC(=O)O)c1. The highest BCUT2D eigenvalue weighted by Crippen LogP contribution is 2.32. The highest BCUT2D eigenvalue weighted by molar-refractivity contribution is 7.99. The minimum absolute atomic E-state index is 0.114. The molecule has 0 atom stereocenters. The summed E-state index contributed by atoms with van der Waals surface area (Å²) in [4.78, 5) is 10.6. The van der Waals surface area contributed by atoms with Crippen molar-refractivity contribution in [3.05, 3.63) is 76.8 Å². The number of carboxylic acid groups (broad SMARTS) is 1. The van der Waals surface area contributed by atoms with Crippen LogP contribution in [0.15, 0.2) is 52.9 Å². The molecule has 0 aliphatic heterocycles. The number of carboxylic acids is 1. The largest absolute Gasteiger partial charge is 0.489 e. The van der Waals surface area contributed by atoms with Crippen molar-refractivity contribution in [2.24, 2.45) is 0 Å². The summed E-state index contributed by atoms with van der Waals surface area (Å²) in [5.41, 5.74) is 0.790. The van der Waals surface area contributed by atoms with E-state index in [0.29, 0.717) is 34.0 Å². The van der Waals surface area contributed by atoms with Gasteiger partial charge in [-0.05, 0) is 43.3 Å². The Hall–Kier alpha value is -2.94. The van der Waals surface area contributed by atoms with Crippen molar-refractivity contribution in [1.82, 2.24) is 0 Å². The van der Waals surface area contributed by atoms with E-state index in [1.54, 1.807) is 13.0 Å². The molecule has 164 valence electrons. The van der Waals surface area contributed by atoms with Crippen LogP contribution in [0.4, 0.5) is 17.6 Å². The Kier molecular flexibility index (Phi) is 6.94. The van der Waals surface area contributed by atoms with Gasteiger partial charge in [-0.15, -0.1) is 11.8 Å². The molecular formula is C22H18F4O4S. The van der Waals surface area contributed by atoms with Crippen molar-refractivity contribution in [2.45, 2.75) is 25.5 Å². The molecule has 0 radical (unpaired) electrons. The van der Waals surface area contributed by atoms with E-state index in [1.807, 2.05) is 0 Å². The number of halogens is 4. The third-order valence-electron chi connectivity index (χ3n) is 4.41. The molecule has 0 aliphatic carbocycles. The zero-order valence-electron chi connectivity index (χ0n) is 16.3. The van der Waals surface area contributed by atoms with Crippen LogP contribution in [0.1, 0.15) is 22.5 Å². The Balaban J connectivity index is 1.68. The van der Waals surface area contributed by atoms with Gasteiger partial charge in [0.15, 0.2) is 0 Å². The maximum absolute atomic E-state index is 13.9. The monoisotopic (exact) mass is 454 g/mol. The van der Waals surface area contributed by atoms with E-state index < -0.39 is 23.5 Å². The van der Waals surface area contributed by atoms with Crippen molar-refractivity contribution >= 4 is 17.7 Å². The van der Waals surface area contributed by atoms with Gasteiger partial charge in [-0.25, -0.2) is 4.39 Å². The van der Waals surface area contributed by atoms with Gasteiger partial charge in [0.2, 0.25) is 0 Å². The molecule has 31 heavy (non-hydrogen) atoms. The molecular weight excluding hydrogens is 436 g/mol. The molecule has 1 aromatic heterocycles. The van der Waals surface area contributed by atoms with E-state index in [4.69, 9.17) is 14.3 Å². The average Bonchev–Trinajstić information content (AvgIpc) is 3.08. The third kappa shape index (κ3) is 6.04. The second-order valence-corrected chi connectivity index (χ2v) is 7.68. The van der Waals surface area contributed by atoms with Crippen LogP contribution in [0.2, 0.25) is 0 Å². The molecule has 4 nitrogen and oxygen atoms in total. The van der Waals surface area contributed by atoms with E-state index >= 15 is 0 Å². The topological polar surface area (TPSA) is 59.7 Å². The Morgan fingerprint density at radius 3 is 2.45 bits per heavy atom. The fourth-order valence-corrected chi connectivity index (χ4v) is 3.51. The minimum Gasteiger partial charge on any atom is -0.489 e. The summed E-state index contributed by atoms with van der Waals surface area (Å²) >= 11 is 1.08. The molecule has 0 spiro atoms. The first-order valence-corrected chi connectivity index (χ1v) is 10.3. The van der Waals surface area contributed by atoms with Gasteiger partial charge in [-0.1, -0.05) is 12.1 Å². The minimum atomic E-state index is -4.41. The number of aliphatic carboxylic acids is 1. The third-order valence-corrected chi connectivity index (χ3v) is 5.38. The van der Waals surface area contributed by atoms with Gasteiger partial charge in [0.25, 0.3) is 0 Å². The molecule has 0 saturated heterocycles. The van der Waals surface area contributed by atoms with Crippen LogP contribution >= 0.6 is 11.8 Å². The molecule has 0 aliphatic rings. The van der Waals surface area contributed by atoms with Gasteiger partial charge < -0.3 is 14.3 Å². The molecule has 0 saturated carbocycles. The lowest BCUT2D eigenvalue weighted by Gasteiger charge is -2.08. The molecule has 0 unspecified atom stereocenters. The first-order chi connectivity index (χ1) is 14.6. The van der Waals surface area contributed by atoms with E-state index in [-0.39, 0.29) is 18.1 Å². The van der Waals surface area contributed by atoms with Gasteiger partial charge in [0.05, 0.1) is 11.3 Å². The van der Waals surface area contributed by atoms with Crippen molar-refractivity contribution in [2.75, 3.05) is 5.75 Å². The normalized spacial score (nSPS) is 11.5. The summed E-state index contributed by atoms with van der Waals surface area (Å²) in [6, 6.07) is 10.6. The Morgan fingerprint density at radius 1 is 1.10 bits per heavy atom. The smallest absolute Gasteiger partial charge is 0.416 e. The number of ether oxygens (including phenoxy) is 1. The molecule has 1 N–H and O–H groups in total. The number of hydrogen-bond donors (Lipinski definition) is 1. The molecule has 1 heterocycles. The fraction of sp³-hybridized carbons (Fsp3) is 0.227. The Morgan fingerprint density at radius 2 is 1.81 bits per heavy atom. The van der Waals surface area contributed by atoms with Gasteiger partial charge in [0, 0.05) is 22.4 Å². The summed E-state index contributed by atoms with van der Waals surface area (Å²) < 4.78 is 63.4. The predicted octanol–water partition coefficient (Wildman–Crippen LogP) is 6.31. The molecule has 9 heteroatoms. The summed E-state index contributed by atoms with van der Waals surface area (Å²) in [6.07, 6.45) is -4.41. The van der Waals surface area contributed by atoms with Crippen LogP contribution in [0, 0.1) is 12.7 Å². The number of hydrogen-bond acceptors (Lipinski definition) is 4. The predicted molar refractivity (Wildman–Crippen MR) is 108 cm³/mol. The van der Waals surface area contributed by atoms with Crippen LogP contribution in [0.3, 0.4) is 0 Å². The highest BCUT2D eigenvalue weighted by Gasteiger charge is 2.30. The molecule has 2 aromatic carbocycles. The average molecular weight is 454 g/mol. The van der Waals surface area contributed by atoms with Crippen LogP contribution < -0.4 is 4.74 Å². The maximum Gasteiger partial charge on any atom is 0.416 e. The number of thioether (sulfide) groups is 1. The van der Waals surface area contributed by atoms with Crippen LogP contribution in [0.5, 0.6) is 5.75 Å². The van der Waals surface area contributed by atoms with Gasteiger partial charge >= 0.3 is 12.1 Å². The number of alkyl halides is 3. The van der Waals surface area contributed by atoms with E-state index in [2.05, 4.69) is 0 Å². The molecule has 0 fully saturated rings. The van der Waals surface area contributed by atoms with E-state index in [0.717, 1.165) is 23.9 Å². The second-order valence-electron chi connectivity index (χ2n) is 6.70. The molecule has 0 amide bonds. The maximum atomic E-state index is 13.9.